The maximum atomic E-state index is 11.3. The Labute approximate surface area is 204 Å². The fourth-order valence-corrected chi connectivity index (χ4v) is 10.6. The third-order valence-electron chi connectivity index (χ3n) is 12.2. The van der Waals surface area contributed by atoms with E-state index in [0.29, 0.717) is 10.8 Å². The van der Waals surface area contributed by atoms with Crippen LogP contribution in [0.15, 0.2) is 22.8 Å². The monoisotopic (exact) mass is 452 g/mol. The smallest absolute Gasteiger partial charge is 0.0599 e. The summed E-state index contributed by atoms with van der Waals surface area (Å²) >= 11 is 0. The minimum absolute atomic E-state index is 0.0376. The summed E-state index contributed by atoms with van der Waals surface area (Å²) in [5.41, 5.74) is 6.47. The fraction of sp³-hybridized carbons (Fsp3) is 0.875. The highest BCUT2D eigenvalue weighted by Gasteiger charge is 2.61. The Morgan fingerprint density at radius 2 is 1.73 bits per heavy atom. The highest BCUT2D eigenvalue weighted by atomic mass is 16.3. The number of aliphatic hydroxyl groups is 1. The van der Waals surface area contributed by atoms with Gasteiger partial charge in [-0.15, -0.1) is 0 Å². The van der Waals surface area contributed by atoms with Crippen LogP contribution in [0.5, 0.6) is 0 Å². The maximum Gasteiger partial charge on any atom is 0.0599 e. The van der Waals surface area contributed by atoms with E-state index in [0.717, 1.165) is 30.1 Å². The molecule has 0 aliphatic heterocycles. The first-order valence-electron chi connectivity index (χ1n) is 14.8. The number of hydrogen-bond acceptors (Lipinski definition) is 1. The number of aliphatic hydroxyl groups excluding tert-OH is 1. The van der Waals surface area contributed by atoms with Crippen LogP contribution < -0.4 is 0 Å². The SMILES string of the molecule is CC(C)=CCC[C@@H](C)[C@H]1CC[C@H]2C3=C(CC[C@]12C)[C@@]1(C)CCC(O)C2(CCCCC2)C1CC3. The van der Waals surface area contributed by atoms with Crippen molar-refractivity contribution in [3.63, 3.8) is 0 Å². The molecule has 1 spiro atoms. The van der Waals surface area contributed by atoms with Gasteiger partial charge in [0.15, 0.2) is 0 Å². The molecular weight excluding hydrogens is 400 g/mol. The van der Waals surface area contributed by atoms with E-state index in [-0.39, 0.29) is 11.5 Å². The summed E-state index contributed by atoms with van der Waals surface area (Å²) in [7, 11) is 0. The molecule has 0 aromatic heterocycles. The van der Waals surface area contributed by atoms with Gasteiger partial charge in [0.1, 0.15) is 0 Å². The summed E-state index contributed by atoms with van der Waals surface area (Å²) in [6.45, 7) is 12.4. The molecule has 5 aliphatic rings. The molecule has 0 heterocycles. The average molecular weight is 453 g/mol. The van der Waals surface area contributed by atoms with Crippen molar-refractivity contribution >= 4 is 0 Å². The molecule has 186 valence electrons. The molecule has 0 amide bonds. The Balaban J connectivity index is 1.41. The molecule has 0 bridgehead atoms. The van der Waals surface area contributed by atoms with Gasteiger partial charge in [-0.2, -0.15) is 0 Å². The summed E-state index contributed by atoms with van der Waals surface area (Å²) in [6, 6.07) is 0. The van der Waals surface area contributed by atoms with Crippen molar-refractivity contribution < 1.29 is 5.11 Å². The molecule has 0 aromatic carbocycles. The number of allylic oxidation sites excluding steroid dienone is 4. The Hall–Kier alpha value is -0.560. The van der Waals surface area contributed by atoms with Crippen LogP contribution in [-0.4, -0.2) is 11.2 Å². The summed E-state index contributed by atoms with van der Waals surface area (Å²) < 4.78 is 0. The molecule has 0 radical (unpaired) electrons. The van der Waals surface area contributed by atoms with Gasteiger partial charge in [0.05, 0.1) is 6.10 Å². The molecule has 33 heavy (non-hydrogen) atoms. The summed E-state index contributed by atoms with van der Waals surface area (Å²) in [4.78, 5) is 0. The van der Waals surface area contributed by atoms with Crippen LogP contribution in [-0.2, 0) is 0 Å². The van der Waals surface area contributed by atoms with Gasteiger partial charge in [0.2, 0.25) is 0 Å². The van der Waals surface area contributed by atoms with E-state index in [4.69, 9.17) is 0 Å². The molecule has 2 unspecified atom stereocenters. The minimum atomic E-state index is -0.0376. The predicted octanol–water partition coefficient (Wildman–Crippen LogP) is 9.01. The Kier molecular flexibility index (Phi) is 6.46. The molecule has 3 saturated carbocycles. The lowest BCUT2D eigenvalue weighted by molar-refractivity contribution is -0.131. The highest BCUT2D eigenvalue weighted by molar-refractivity contribution is 5.35. The zero-order valence-corrected chi connectivity index (χ0v) is 22.5. The first kappa shape index (κ1) is 24.1. The fourth-order valence-electron chi connectivity index (χ4n) is 10.6. The standard InChI is InChI=1S/C32H52O/c1-22(2)10-9-11-23(3)25-13-14-26-24-12-15-28-31(5,27(24)16-20-30(25,26)4)21-17-29(33)32(28)18-7-6-8-19-32/h10,23,25-26,28-29,33H,6-9,11-21H2,1-5H3/t23-,25-,26+,28?,29?,30-,31-/m1/s1. The van der Waals surface area contributed by atoms with Crippen molar-refractivity contribution in [1.29, 1.82) is 0 Å². The van der Waals surface area contributed by atoms with Gasteiger partial charge in [-0.1, -0.05) is 62.8 Å². The van der Waals surface area contributed by atoms with Gasteiger partial charge < -0.3 is 5.11 Å². The van der Waals surface area contributed by atoms with E-state index in [1.54, 1.807) is 0 Å². The highest BCUT2D eigenvalue weighted by Crippen LogP contribution is 2.69. The second-order valence-electron chi connectivity index (χ2n) is 13.9. The van der Waals surface area contributed by atoms with E-state index in [9.17, 15) is 5.11 Å². The molecule has 7 atom stereocenters. The van der Waals surface area contributed by atoms with Crippen molar-refractivity contribution in [2.75, 3.05) is 0 Å². The normalized spacial score (nSPS) is 43.0. The van der Waals surface area contributed by atoms with Crippen molar-refractivity contribution in [3.05, 3.63) is 22.8 Å². The quantitative estimate of drug-likeness (QED) is 0.422. The Morgan fingerprint density at radius 3 is 2.45 bits per heavy atom. The van der Waals surface area contributed by atoms with E-state index in [1.165, 1.54) is 95.5 Å². The molecule has 0 saturated heterocycles. The third kappa shape index (κ3) is 3.73. The van der Waals surface area contributed by atoms with Crippen LogP contribution in [0.4, 0.5) is 0 Å². The van der Waals surface area contributed by atoms with Gasteiger partial charge in [-0.05, 0) is 131 Å². The zero-order chi connectivity index (χ0) is 23.4. The predicted molar refractivity (Wildman–Crippen MR) is 140 cm³/mol. The van der Waals surface area contributed by atoms with Gasteiger partial charge >= 0.3 is 0 Å². The second kappa shape index (κ2) is 8.83. The molecule has 1 N–H and O–H groups in total. The van der Waals surface area contributed by atoms with Gasteiger partial charge in [-0.25, -0.2) is 0 Å². The van der Waals surface area contributed by atoms with Gasteiger partial charge in [0.25, 0.3) is 0 Å². The van der Waals surface area contributed by atoms with Crippen LogP contribution in [0.2, 0.25) is 0 Å². The van der Waals surface area contributed by atoms with E-state index in [1.807, 2.05) is 11.1 Å². The van der Waals surface area contributed by atoms with E-state index < -0.39 is 0 Å². The van der Waals surface area contributed by atoms with Crippen molar-refractivity contribution in [2.24, 2.45) is 39.9 Å². The van der Waals surface area contributed by atoms with Crippen molar-refractivity contribution in [1.82, 2.24) is 0 Å². The lowest BCUT2D eigenvalue weighted by atomic mass is 9.43. The second-order valence-corrected chi connectivity index (χ2v) is 13.9. The van der Waals surface area contributed by atoms with Crippen LogP contribution in [0.1, 0.15) is 131 Å². The molecule has 1 heteroatoms. The lowest BCUT2D eigenvalue weighted by Crippen LogP contribution is -2.56. The van der Waals surface area contributed by atoms with Crippen molar-refractivity contribution in [3.8, 4) is 0 Å². The molecule has 3 fully saturated rings. The minimum Gasteiger partial charge on any atom is -0.393 e. The molecule has 5 aliphatic carbocycles. The van der Waals surface area contributed by atoms with Crippen LogP contribution in [0.25, 0.3) is 0 Å². The Morgan fingerprint density at radius 1 is 0.970 bits per heavy atom. The van der Waals surface area contributed by atoms with Crippen LogP contribution in [0.3, 0.4) is 0 Å². The van der Waals surface area contributed by atoms with Crippen molar-refractivity contribution in [2.45, 2.75) is 137 Å². The first-order chi connectivity index (χ1) is 15.7. The molecular formula is C32H52O. The summed E-state index contributed by atoms with van der Waals surface area (Å²) in [5, 5.41) is 11.3. The summed E-state index contributed by atoms with van der Waals surface area (Å²) in [6.07, 6.45) is 22.4. The Bertz CT molecular complexity index is 793. The largest absolute Gasteiger partial charge is 0.393 e. The van der Waals surface area contributed by atoms with E-state index in [2.05, 4.69) is 40.7 Å². The van der Waals surface area contributed by atoms with Gasteiger partial charge in [-0.3, -0.25) is 0 Å². The number of hydrogen-bond donors (Lipinski definition) is 1. The summed E-state index contributed by atoms with van der Waals surface area (Å²) in [5.74, 6) is 3.34. The lowest BCUT2D eigenvalue weighted by Gasteiger charge is -2.62. The molecule has 1 nitrogen and oxygen atoms in total. The first-order valence-corrected chi connectivity index (χ1v) is 14.8. The van der Waals surface area contributed by atoms with Gasteiger partial charge in [0, 0.05) is 0 Å². The molecule has 0 aromatic rings. The number of fused-ring (bicyclic) bond motifs is 5. The number of rotatable bonds is 4. The topological polar surface area (TPSA) is 20.2 Å². The zero-order valence-electron chi connectivity index (χ0n) is 22.5. The molecule has 5 rings (SSSR count). The van der Waals surface area contributed by atoms with E-state index >= 15 is 0 Å². The third-order valence-corrected chi connectivity index (χ3v) is 12.2. The van der Waals surface area contributed by atoms with Crippen LogP contribution in [0, 0.1) is 39.9 Å². The maximum absolute atomic E-state index is 11.3. The average Bonchev–Trinajstić information content (AvgIpc) is 3.14. The van der Waals surface area contributed by atoms with Crippen LogP contribution >= 0.6 is 0 Å².